The van der Waals surface area contributed by atoms with Gasteiger partial charge in [0.05, 0.1) is 6.26 Å². The van der Waals surface area contributed by atoms with E-state index in [1.165, 1.54) is 15.3 Å². The largest absolute Gasteiger partial charge is 0.312 e. The predicted molar refractivity (Wildman–Crippen MR) is 83.5 cm³/mol. The molecule has 1 aromatic carbocycles. The number of hydrogen-bond donors (Lipinski definition) is 0. The lowest BCUT2D eigenvalue weighted by atomic mass is 9.96. The van der Waals surface area contributed by atoms with Gasteiger partial charge in [-0.15, -0.1) is 0 Å². The molecular formula is C15H20F2N2O3S. The van der Waals surface area contributed by atoms with Crippen LogP contribution in [0.4, 0.5) is 14.5 Å². The van der Waals surface area contributed by atoms with E-state index in [2.05, 4.69) is 0 Å². The fourth-order valence-corrected chi connectivity index (χ4v) is 3.65. The summed E-state index contributed by atoms with van der Waals surface area (Å²) in [6, 6.07) is 3.36. The van der Waals surface area contributed by atoms with E-state index in [9.17, 15) is 22.0 Å². The molecule has 0 bridgehead atoms. The van der Waals surface area contributed by atoms with Crippen LogP contribution in [0.1, 0.15) is 19.8 Å². The number of carbonyl (C=O) groups excluding carboxylic acids is 1. The standard InChI is InChI=1S/C15H20F2N2O3S/c1-3-19(12-4-5-13(16)14(17)10-12)15(20)11-6-8-18(9-7-11)23(2,21)22/h4-5,10-11H,3,6-9H2,1-2H3. The predicted octanol–water partition coefficient (Wildman–Crippen LogP) is 1.99. The first-order valence-corrected chi connectivity index (χ1v) is 9.30. The molecule has 128 valence electrons. The van der Waals surface area contributed by atoms with Crippen molar-refractivity contribution >= 4 is 21.6 Å². The van der Waals surface area contributed by atoms with E-state index >= 15 is 0 Å². The highest BCUT2D eigenvalue weighted by atomic mass is 32.2. The van der Waals surface area contributed by atoms with Crippen LogP contribution in [0.15, 0.2) is 18.2 Å². The number of benzene rings is 1. The first-order valence-electron chi connectivity index (χ1n) is 7.45. The number of anilines is 1. The van der Waals surface area contributed by atoms with Crippen LogP contribution in [0.5, 0.6) is 0 Å². The number of halogens is 2. The van der Waals surface area contributed by atoms with E-state index in [1.54, 1.807) is 6.92 Å². The summed E-state index contributed by atoms with van der Waals surface area (Å²) < 4.78 is 50.8. The zero-order chi connectivity index (χ0) is 17.2. The molecule has 5 nitrogen and oxygen atoms in total. The maximum Gasteiger partial charge on any atom is 0.230 e. The SMILES string of the molecule is CCN(C(=O)C1CCN(S(C)(=O)=O)CC1)c1ccc(F)c(F)c1. The normalized spacial score (nSPS) is 17.2. The Morgan fingerprint density at radius 2 is 1.87 bits per heavy atom. The Bertz CT molecular complexity index is 686. The molecule has 2 rings (SSSR count). The quantitative estimate of drug-likeness (QED) is 0.838. The molecular weight excluding hydrogens is 326 g/mol. The summed E-state index contributed by atoms with van der Waals surface area (Å²) in [5, 5.41) is 0. The van der Waals surface area contributed by atoms with Crippen molar-refractivity contribution in [1.29, 1.82) is 0 Å². The molecule has 1 aliphatic heterocycles. The summed E-state index contributed by atoms with van der Waals surface area (Å²) in [6.07, 6.45) is 1.99. The summed E-state index contributed by atoms with van der Waals surface area (Å²) in [4.78, 5) is 14.0. The van der Waals surface area contributed by atoms with Crippen LogP contribution in [-0.2, 0) is 14.8 Å². The molecule has 0 unspecified atom stereocenters. The second-order valence-corrected chi connectivity index (χ2v) is 7.60. The molecule has 0 N–H and O–H groups in total. The van der Waals surface area contributed by atoms with Crippen LogP contribution in [0.3, 0.4) is 0 Å². The fourth-order valence-electron chi connectivity index (χ4n) is 2.77. The number of piperidine rings is 1. The van der Waals surface area contributed by atoms with Gasteiger partial charge in [0.15, 0.2) is 11.6 Å². The van der Waals surface area contributed by atoms with E-state index in [1.807, 2.05) is 0 Å². The summed E-state index contributed by atoms with van der Waals surface area (Å²) in [5.41, 5.74) is 0.307. The van der Waals surface area contributed by atoms with Gasteiger partial charge in [0.25, 0.3) is 0 Å². The van der Waals surface area contributed by atoms with Gasteiger partial charge in [-0.25, -0.2) is 21.5 Å². The third kappa shape index (κ3) is 4.06. The molecule has 23 heavy (non-hydrogen) atoms. The van der Waals surface area contributed by atoms with Gasteiger partial charge in [-0.2, -0.15) is 0 Å². The number of sulfonamides is 1. The van der Waals surface area contributed by atoms with Crippen molar-refractivity contribution in [2.45, 2.75) is 19.8 Å². The molecule has 1 aliphatic rings. The van der Waals surface area contributed by atoms with Gasteiger partial charge >= 0.3 is 0 Å². The highest BCUT2D eigenvalue weighted by Crippen LogP contribution is 2.25. The second-order valence-electron chi connectivity index (χ2n) is 5.62. The van der Waals surface area contributed by atoms with Crippen LogP contribution in [0.25, 0.3) is 0 Å². The van der Waals surface area contributed by atoms with Crippen molar-refractivity contribution in [3.8, 4) is 0 Å². The molecule has 1 fully saturated rings. The van der Waals surface area contributed by atoms with Gasteiger partial charge in [0, 0.05) is 37.3 Å². The smallest absolute Gasteiger partial charge is 0.230 e. The zero-order valence-corrected chi connectivity index (χ0v) is 13.9. The Balaban J connectivity index is 2.10. The van der Waals surface area contributed by atoms with Gasteiger partial charge in [-0.3, -0.25) is 4.79 Å². The topological polar surface area (TPSA) is 57.7 Å². The number of carbonyl (C=O) groups is 1. The van der Waals surface area contributed by atoms with Crippen molar-refractivity contribution in [3.05, 3.63) is 29.8 Å². The van der Waals surface area contributed by atoms with Gasteiger partial charge in [0.1, 0.15) is 0 Å². The Morgan fingerprint density at radius 3 is 2.35 bits per heavy atom. The monoisotopic (exact) mass is 346 g/mol. The van der Waals surface area contributed by atoms with Gasteiger partial charge in [0.2, 0.25) is 15.9 Å². The Hall–Kier alpha value is -1.54. The van der Waals surface area contributed by atoms with E-state index in [4.69, 9.17) is 0 Å². The average molecular weight is 346 g/mol. The first kappa shape index (κ1) is 17.8. The molecule has 8 heteroatoms. The molecule has 0 atom stereocenters. The molecule has 1 heterocycles. The molecule has 0 saturated carbocycles. The van der Waals surface area contributed by atoms with E-state index in [-0.39, 0.29) is 11.8 Å². The minimum Gasteiger partial charge on any atom is -0.312 e. The van der Waals surface area contributed by atoms with Gasteiger partial charge in [-0.1, -0.05) is 0 Å². The number of hydrogen-bond acceptors (Lipinski definition) is 3. The minimum absolute atomic E-state index is 0.188. The lowest BCUT2D eigenvalue weighted by Gasteiger charge is -2.32. The van der Waals surface area contributed by atoms with Crippen LogP contribution >= 0.6 is 0 Å². The number of amides is 1. The zero-order valence-electron chi connectivity index (χ0n) is 13.1. The molecule has 1 saturated heterocycles. The van der Waals surface area contributed by atoms with Crippen molar-refractivity contribution in [2.24, 2.45) is 5.92 Å². The van der Waals surface area contributed by atoms with Gasteiger partial charge in [-0.05, 0) is 31.9 Å². The van der Waals surface area contributed by atoms with Crippen LogP contribution in [-0.4, -0.2) is 44.5 Å². The first-order chi connectivity index (χ1) is 10.7. The van der Waals surface area contributed by atoms with Crippen LogP contribution in [0.2, 0.25) is 0 Å². The highest BCUT2D eigenvalue weighted by molar-refractivity contribution is 7.88. The van der Waals surface area contributed by atoms with Crippen molar-refractivity contribution in [3.63, 3.8) is 0 Å². The highest BCUT2D eigenvalue weighted by Gasteiger charge is 2.31. The molecule has 0 aromatic heterocycles. The van der Waals surface area contributed by atoms with Crippen LogP contribution < -0.4 is 4.90 Å². The third-order valence-corrected chi connectivity index (χ3v) is 5.37. The van der Waals surface area contributed by atoms with E-state index in [0.29, 0.717) is 38.2 Å². The van der Waals surface area contributed by atoms with Gasteiger partial charge < -0.3 is 4.90 Å². The Morgan fingerprint density at radius 1 is 1.26 bits per heavy atom. The van der Waals surface area contributed by atoms with E-state index in [0.717, 1.165) is 18.4 Å². The Kier molecular flexibility index (Phi) is 5.36. The molecule has 0 aliphatic carbocycles. The Labute approximate surface area is 134 Å². The molecule has 0 radical (unpaired) electrons. The van der Waals surface area contributed by atoms with Crippen molar-refractivity contribution in [2.75, 3.05) is 30.8 Å². The third-order valence-electron chi connectivity index (χ3n) is 4.07. The van der Waals surface area contributed by atoms with Crippen LogP contribution in [0, 0.1) is 17.6 Å². The lowest BCUT2D eigenvalue weighted by Crippen LogP contribution is -2.44. The average Bonchev–Trinajstić information content (AvgIpc) is 2.50. The minimum atomic E-state index is -3.25. The summed E-state index contributed by atoms with van der Waals surface area (Å²) in [7, 11) is -3.25. The second kappa shape index (κ2) is 6.92. The van der Waals surface area contributed by atoms with Crippen molar-refractivity contribution in [1.82, 2.24) is 4.31 Å². The maximum atomic E-state index is 13.4. The fraction of sp³-hybridized carbons (Fsp3) is 0.533. The maximum absolute atomic E-state index is 13.4. The lowest BCUT2D eigenvalue weighted by molar-refractivity contribution is -0.123. The molecule has 0 spiro atoms. The van der Waals surface area contributed by atoms with Crippen molar-refractivity contribution < 1.29 is 22.0 Å². The summed E-state index contributed by atoms with van der Waals surface area (Å²) >= 11 is 0. The summed E-state index contributed by atoms with van der Waals surface area (Å²) in [5.74, 6) is -2.47. The summed E-state index contributed by atoms with van der Waals surface area (Å²) in [6.45, 7) is 2.68. The molecule has 1 amide bonds. The van der Waals surface area contributed by atoms with E-state index < -0.39 is 21.7 Å². The molecule has 1 aromatic rings. The number of nitrogens with zero attached hydrogens (tertiary/aromatic N) is 2. The number of rotatable bonds is 4.